The summed E-state index contributed by atoms with van der Waals surface area (Å²) in [5, 5.41) is 118. The molecule has 0 spiro atoms. The number of ether oxygens (including phenoxy) is 9. The molecule has 11 N–H and O–H groups in total. The van der Waals surface area contributed by atoms with Crippen molar-refractivity contribution < 1.29 is 108 Å². The number of carbonyl (C=O) groups is 1. The quantitative estimate of drug-likeness (QED) is 0.0450. The third-order valence-corrected chi connectivity index (χ3v) is 13.6. The summed E-state index contributed by atoms with van der Waals surface area (Å²) in [5.74, 6) is -2.89. The number of hydrogen-bond acceptors (Lipinski definition) is 23. The number of carbonyl (C=O) groups excluding carboxylic acids is 1. The van der Waals surface area contributed by atoms with Crippen LogP contribution in [0.15, 0.2) is 45.6 Å². The van der Waals surface area contributed by atoms with Crippen molar-refractivity contribution in [2.45, 2.75) is 195 Å². The Morgan fingerprint density at radius 3 is 1.45 bits per heavy atom. The van der Waals surface area contributed by atoms with E-state index in [-0.39, 0.29) is 29.1 Å². The molecule has 0 bridgehead atoms. The third kappa shape index (κ3) is 14.4. The lowest BCUT2D eigenvalue weighted by Gasteiger charge is -2.46. The molecule has 23 nitrogen and oxygen atoms in total. The van der Waals surface area contributed by atoms with Crippen LogP contribution < -0.4 is 10.2 Å². The van der Waals surface area contributed by atoms with Gasteiger partial charge < -0.3 is 103 Å². The molecule has 0 radical (unpaired) electrons. The fourth-order valence-corrected chi connectivity index (χ4v) is 9.33. The van der Waals surface area contributed by atoms with Crippen LogP contribution in [0.3, 0.4) is 0 Å². The molecule has 7 rings (SSSR count). The molecule has 2 aromatic carbocycles. The summed E-state index contributed by atoms with van der Waals surface area (Å²) in [5.41, 5.74) is -1.09. The highest BCUT2D eigenvalue weighted by Crippen LogP contribution is 2.39. The molecule has 74 heavy (non-hydrogen) atoms. The lowest BCUT2D eigenvalue weighted by molar-refractivity contribution is -0.383. The zero-order chi connectivity index (χ0) is 53.1. The minimum absolute atomic E-state index is 0.0133. The second-order valence-corrected chi connectivity index (χ2v) is 19.4. The highest BCUT2D eigenvalue weighted by atomic mass is 16.8. The highest BCUT2D eigenvalue weighted by Gasteiger charge is 2.53. The number of hydrogen-bond donors (Lipinski definition) is 11. The number of aliphatic hydroxyl groups excluding tert-OH is 8. The van der Waals surface area contributed by atoms with Crippen molar-refractivity contribution >= 4 is 16.9 Å². The van der Waals surface area contributed by atoms with Crippen LogP contribution in [-0.4, -0.2) is 187 Å². The maximum absolute atomic E-state index is 14.1. The van der Waals surface area contributed by atoms with Crippen molar-refractivity contribution in [2.24, 2.45) is 0 Å². The molecule has 3 aromatic rings. The monoisotopic (exact) mass is 1050 g/mol. The normalized spacial score (nSPS) is 32.6. The molecule has 16 atom stereocenters. The first-order valence-electron chi connectivity index (χ1n) is 25.6. The first-order valence-corrected chi connectivity index (χ1v) is 25.6. The average Bonchev–Trinajstić information content (AvgIpc) is 3.37. The number of benzene rings is 2. The number of phenolic OH excluding ortho intramolecular Hbond substituents is 3. The van der Waals surface area contributed by atoms with Crippen molar-refractivity contribution in [1.29, 1.82) is 0 Å². The second-order valence-electron chi connectivity index (χ2n) is 19.4. The van der Waals surface area contributed by atoms with Gasteiger partial charge in [-0.1, -0.05) is 84.0 Å². The first kappa shape index (κ1) is 57.4. The molecule has 0 saturated carbocycles. The van der Waals surface area contributed by atoms with Crippen LogP contribution in [0.5, 0.6) is 23.0 Å². The van der Waals surface area contributed by atoms with E-state index in [4.69, 9.17) is 47.0 Å². The van der Waals surface area contributed by atoms with Gasteiger partial charge in [-0.15, -0.1) is 0 Å². The first-order chi connectivity index (χ1) is 35.6. The molecule has 414 valence electrons. The van der Waals surface area contributed by atoms with Gasteiger partial charge in [-0.2, -0.15) is 0 Å². The number of aromatic hydroxyl groups is 3. The van der Waals surface area contributed by atoms with E-state index in [0.717, 1.165) is 37.8 Å². The van der Waals surface area contributed by atoms with Crippen molar-refractivity contribution in [3.63, 3.8) is 0 Å². The van der Waals surface area contributed by atoms with Gasteiger partial charge in [0.2, 0.25) is 17.5 Å². The van der Waals surface area contributed by atoms with Crippen molar-refractivity contribution in [2.75, 3.05) is 26.4 Å². The van der Waals surface area contributed by atoms with Gasteiger partial charge in [0, 0.05) is 24.1 Å². The number of fused-ring (bicyclic) bond motifs is 1. The SMILES string of the molecule is CCCCCCCCCCCCCCCC(=O)O[C@H]1[C@@H](O[C@H]2[C@@H](O[C@H]3[C@@H](O[C@H]4[C@@H](Oc5c(-c6ccc(O)cc6)oc6cc(O)cc(O)c6c5=O)OC[C@@H](O)[C@@H]4O)OC[C@@H](O)[C@@H]3O)OC[C@@H](O)[C@@H]2O)OC[C@@H](O)[C@@H]1O. The third-order valence-electron chi connectivity index (χ3n) is 13.6. The average molecular weight is 1050 g/mol. The van der Waals surface area contributed by atoms with E-state index in [1.807, 2.05) is 0 Å². The summed E-state index contributed by atoms with van der Waals surface area (Å²) in [6, 6.07) is 7.26. The van der Waals surface area contributed by atoms with Crippen LogP contribution in [0.1, 0.15) is 96.8 Å². The predicted molar refractivity (Wildman–Crippen MR) is 255 cm³/mol. The molecular formula is C51H72O23. The minimum Gasteiger partial charge on any atom is -0.508 e. The lowest BCUT2D eigenvalue weighted by Crippen LogP contribution is -2.64. The zero-order valence-electron chi connectivity index (χ0n) is 41.2. The molecule has 0 unspecified atom stereocenters. The Morgan fingerprint density at radius 1 is 0.541 bits per heavy atom. The van der Waals surface area contributed by atoms with Gasteiger partial charge in [-0.05, 0) is 30.7 Å². The van der Waals surface area contributed by atoms with Gasteiger partial charge in [0.15, 0.2) is 36.8 Å². The van der Waals surface area contributed by atoms with E-state index in [1.165, 1.54) is 75.6 Å². The fraction of sp³-hybridized carbons (Fsp3) is 0.686. The van der Waals surface area contributed by atoms with Crippen LogP contribution >= 0.6 is 0 Å². The topological polar surface area (TPSA) is 353 Å². The van der Waals surface area contributed by atoms with E-state index in [0.29, 0.717) is 6.42 Å². The zero-order valence-corrected chi connectivity index (χ0v) is 41.2. The number of rotatable bonds is 24. The maximum atomic E-state index is 14.1. The number of phenols is 3. The Kier molecular flexibility index (Phi) is 21.1. The van der Waals surface area contributed by atoms with Gasteiger partial charge in [0.25, 0.3) is 0 Å². The molecule has 1 aromatic heterocycles. The van der Waals surface area contributed by atoms with E-state index < -0.39 is 159 Å². The largest absolute Gasteiger partial charge is 0.508 e. The Morgan fingerprint density at radius 2 is 0.959 bits per heavy atom. The molecule has 4 fully saturated rings. The molecular weight excluding hydrogens is 981 g/mol. The highest BCUT2D eigenvalue weighted by molar-refractivity contribution is 5.88. The summed E-state index contributed by atoms with van der Waals surface area (Å²) in [7, 11) is 0. The van der Waals surface area contributed by atoms with Gasteiger partial charge in [0.05, 0.1) is 26.4 Å². The summed E-state index contributed by atoms with van der Waals surface area (Å²) in [6.45, 7) is -0.0416. The van der Waals surface area contributed by atoms with Crippen LogP contribution in [-0.2, 0) is 42.7 Å². The molecule has 4 aliphatic rings. The molecule has 4 saturated heterocycles. The fourth-order valence-electron chi connectivity index (χ4n) is 9.33. The molecule has 4 aliphatic heterocycles. The molecule has 23 heteroatoms. The number of aliphatic hydroxyl groups is 8. The van der Waals surface area contributed by atoms with Crippen LogP contribution in [0.25, 0.3) is 22.3 Å². The van der Waals surface area contributed by atoms with E-state index in [1.54, 1.807) is 0 Å². The standard InChI is InChI=1S/C51H72O23/c1-2-3-4-5-6-7-8-9-10-11-12-13-14-15-35(59)70-44-37(60)30(55)22-65-48(44)72-46-39(62)32(57)24-67-50(46)74-47-40(63)33(58)25-68-51(47)73-45-38(61)31(56)23-66-49(45)71-43-41(64)36-29(54)20-28(53)21-34(36)69-42(43)26-16-18-27(52)19-17-26/h16-21,30-33,37-40,44-58,60-63H,2-15,22-25H2,1H3/t30-,31-,32-,33-,37+,38+,39+,40+,44-,45-,46-,47-,48-,49-,50-,51-/m1/s1. The summed E-state index contributed by atoms with van der Waals surface area (Å²) < 4.78 is 58.8. The van der Waals surface area contributed by atoms with Crippen LogP contribution in [0.4, 0.5) is 0 Å². The van der Waals surface area contributed by atoms with Gasteiger partial charge in [-0.25, -0.2) is 0 Å². The van der Waals surface area contributed by atoms with E-state index in [2.05, 4.69) is 6.92 Å². The lowest BCUT2D eigenvalue weighted by atomic mass is 10.0. The van der Waals surface area contributed by atoms with Crippen molar-refractivity contribution in [3.8, 4) is 34.3 Å². The van der Waals surface area contributed by atoms with Gasteiger partial charge in [-0.3, -0.25) is 9.59 Å². The van der Waals surface area contributed by atoms with E-state index >= 15 is 0 Å². The van der Waals surface area contributed by atoms with Gasteiger partial charge >= 0.3 is 5.97 Å². The Balaban J connectivity index is 1.04. The van der Waals surface area contributed by atoms with E-state index in [9.17, 15) is 65.8 Å². The van der Waals surface area contributed by atoms with Crippen molar-refractivity contribution in [1.82, 2.24) is 0 Å². The summed E-state index contributed by atoms with van der Waals surface area (Å²) >= 11 is 0. The Bertz CT molecular complexity index is 2280. The second kappa shape index (κ2) is 27.2. The number of esters is 1. The smallest absolute Gasteiger partial charge is 0.306 e. The minimum atomic E-state index is -1.89. The summed E-state index contributed by atoms with van der Waals surface area (Å²) in [6.07, 6.45) is -13.7. The summed E-state index contributed by atoms with van der Waals surface area (Å²) in [4.78, 5) is 27.3. The molecule has 0 aliphatic carbocycles. The van der Waals surface area contributed by atoms with Gasteiger partial charge in [0.1, 0.15) is 89.3 Å². The molecule has 0 amide bonds. The predicted octanol–water partition coefficient (Wildman–Crippen LogP) is 1.82. The maximum Gasteiger partial charge on any atom is 0.306 e. The molecule has 5 heterocycles. The Hall–Kier alpha value is -4.28. The van der Waals surface area contributed by atoms with Crippen LogP contribution in [0.2, 0.25) is 0 Å². The number of unbranched alkanes of at least 4 members (excludes halogenated alkanes) is 12. The van der Waals surface area contributed by atoms with Crippen LogP contribution in [0, 0.1) is 0 Å². The van der Waals surface area contributed by atoms with Crippen molar-refractivity contribution in [3.05, 3.63) is 46.6 Å². The Labute approximate surface area is 426 Å².